The molecule has 0 bridgehead atoms. The number of halogens is 2. The van der Waals surface area contributed by atoms with Gasteiger partial charge in [0.25, 0.3) is 0 Å². The molecule has 0 fully saturated rings. The van der Waals surface area contributed by atoms with Crippen LogP contribution in [0.15, 0.2) is 12.1 Å². The molecule has 0 saturated carbocycles. The summed E-state index contributed by atoms with van der Waals surface area (Å²) in [6, 6.07) is 2.16. The van der Waals surface area contributed by atoms with Gasteiger partial charge in [-0.1, -0.05) is 0 Å². The van der Waals surface area contributed by atoms with Gasteiger partial charge in [-0.25, -0.2) is 17.2 Å². The second-order valence-electron chi connectivity index (χ2n) is 5.19. The zero-order valence-electron chi connectivity index (χ0n) is 10.8. The van der Waals surface area contributed by atoms with E-state index in [1.807, 2.05) is 0 Å². The van der Waals surface area contributed by atoms with Crippen molar-refractivity contribution in [1.29, 1.82) is 0 Å². The smallest absolute Gasteiger partial charge is 0.211 e. The largest absolute Gasteiger partial charge is 0.321 e. The number of sulfonamides is 1. The number of hydrogen-bond acceptors (Lipinski definition) is 3. The van der Waals surface area contributed by atoms with E-state index >= 15 is 0 Å². The van der Waals surface area contributed by atoms with E-state index in [9.17, 15) is 17.2 Å². The van der Waals surface area contributed by atoms with Crippen LogP contribution in [0.3, 0.4) is 0 Å². The van der Waals surface area contributed by atoms with Gasteiger partial charge in [0.2, 0.25) is 10.0 Å². The summed E-state index contributed by atoms with van der Waals surface area (Å²) in [6.45, 7) is 1.88. The molecule has 0 saturated heterocycles. The molecule has 1 aromatic carbocycles. The van der Waals surface area contributed by atoms with Crippen LogP contribution in [0.25, 0.3) is 0 Å². The summed E-state index contributed by atoms with van der Waals surface area (Å²) < 4.78 is 51.1. The topological polar surface area (TPSA) is 63.4 Å². The first-order valence-corrected chi connectivity index (χ1v) is 7.68. The van der Waals surface area contributed by atoms with Gasteiger partial charge in [0, 0.05) is 13.1 Å². The molecule has 1 unspecified atom stereocenters. The fraction of sp³-hybridized carbons (Fsp3) is 0.500. The highest BCUT2D eigenvalue weighted by molar-refractivity contribution is 7.88. The minimum absolute atomic E-state index is 0.0455. The summed E-state index contributed by atoms with van der Waals surface area (Å²) in [5, 5.41) is 0. The highest BCUT2D eigenvalue weighted by atomic mass is 32.2. The zero-order chi connectivity index (χ0) is 14.4. The first kappa shape index (κ1) is 14.4. The van der Waals surface area contributed by atoms with Gasteiger partial charge < -0.3 is 5.73 Å². The summed E-state index contributed by atoms with van der Waals surface area (Å²) in [7, 11) is -3.39. The van der Waals surface area contributed by atoms with Gasteiger partial charge in [-0.15, -0.1) is 0 Å². The van der Waals surface area contributed by atoms with Gasteiger partial charge in [-0.2, -0.15) is 4.31 Å². The molecule has 1 aliphatic heterocycles. The lowest BCUT2D eigenvalue weighted by molar-refractivity contribution is 0.339. The van der Waals surface area contributed by atoms with Crippen molar-refractivity contribution in [2.45, 2.75) is 18.9 Å². The molecule has 4 nitrogen and oxygen atoms in total. The molecule has 19 heavy (non-hydrogen) atoms. The van der Waals surface area contributed by atoms with Crippen LogP contribution in [0, 0.1) is 11.6 Å². The average molecular weight is 290 g/mol. The third-order valence-corrected chi connectivity index (χ3v) is 4.62. The summed E-state index contributed by atoms with van der Waals surface area (Å²) in [5.74, 6) is -1.91. The number of fused-ring (bicyclic) bond motifs is 1. The Morgan fingerprint density at radius 2 is 1.89 bits per heavy atom. The van der Waals surface area contributed by atoms with Crippen LogP contribution in [0.4, 0.5) is 8.78 Å². The average Bonchev–Trinajstić information content (AvgIpc) is 2.37. The van der Waals surface area contributed by atoms with Crippen LogP contribution in [-0.4, -0.2) is 32.1 Å². The lowest BCUT2D eigenvalue weighted by Gasteiger charge is -2.29. The third kappa shape index (κ3) is 2.77. The standard InChI is InChI=1S/C12H16F2N2O2S/c1-12(15)7-16(19(2,17)18)4-3-8-5-10(13)11(14)6-9(8)12/h5-6H,3-4,7,15H2,1-2H3. The van der Waals surface area contributed by atoms with Crippen molar-refractivity contribution >= 4 is 10.0 Å². The number of hydrogen-bond donors (Lipinski definition) is 1. The van der Waals surface area contributed by atoms with E-state index in [0.717, 1.165) is 18.4 Å². The lowest BCUT2D eigenvalue weighted by Crippen LogP contribution is -2.46. The van der Waals surface area contributed by atoms with Crippen molar-refractivity contribution < 1.29 is 17.2 Å². The molecular formula is C12H16F2N2O2S. The predicted octanol–water partition coefficient (Wildman–Crippen LogP) is 0.956. The molecule has 2 rings (SSSR count). The highest BCUT2D eigenvalue weighted by Gasteiger charge is 2.34. The van der Waals surface area contributed by atoms with Crippen molar-refractivity contribution in [3.05, 3.63) is 34.9 Å². The van der Waals surface area contributed by atoms with Crippen LogP contribution in [0.5, 0.6) is 0 Å². The second kappa shape index (κ2) is 4.50. The molecular weight excluding hydrogens is 274 g/mol. The zero-order valence-corrected chi connectivity index (χ0v) is 11.6. The Morgan fingerprint density at radius 1 is 1.32 bits per heavy atom. The van der Waals surface area contributed by atoms with Crippen LogP contribution in [-0.2, 0) is 22.0 Å². The first-order chi connectivity index (χ1) is 8.61. The molecule has 106 valence electrons. The van der Waals surface area contributed by atoms with Gasteiger partial charge >= 0.3 is 0 Å². The molecule has 0 radical (unpaired) electrons. The molecule has 0 aromatic heterocycles. The Kier molecular flexibility index (Phi) is 3.40. The molecule has 1 aliphatic rings. The van der Waals surface area contributed by atoms with Gasteiger partial charge in [-0.3, -0.25) is 0 Å². The summed E-state index contributed by atoms with van der Waals surface area (Å²) in [6.07, 6.45) is 1.41. The first-order valence-electron chi connectivity index (χ1n) is 5.84. The van der Waals surface area contributed by atoms with Crippen LogP contribution in [0.2, 0.25) is 0 Å². The summed E-state index contributed by atoms with van der Waals surface area (Å²) in [4.78, 5) is 0. The second-order valence-corrected chi connectivity index (χ2v) is 7.17. The lowest BCUT2D eigenvalue weighted by atomic mass is 9.89. The van der Waals surface area contributed by atoms with Crippen molar-refractivity contribution in [3.8, 4) is 0 Å². The fourth-order valence-electron chi connectivity index (χ4n) is 2.39. The van der Waals surface area contributed by atoms with E-state index in [0.29, 0.717) is 17.5 Å². The van der Waals surface area contributed by atoms with Crippen molar-refractivity contribution in [2.75, 3.05) is 19.3 Å². The normalized spacial score (nSPS) is 24.9. The Balaban J connectivity index is 2.52. The van der Waals surface area contributed by atoms with E-state index in [1.165, 1.54) is 4.31 Å². The Hall–Kier alpha value is -1.05. The van der Waals surface area contributed by atoms with Gasteiger partial charge in [0.05, 0.1) is 11.8 Å². The molecule has 0 spiro atoms. The van der Waals surface area contributed by atoms with Crippen molar-refractivity contribution in [2.24, 2.45) is 5.73 Å². The predicted molar refractivity (Wildman–Crippen MR) is 68.0 cm³/mol. The Labute approximate surface area is 111 Å². The molecule has 1 atom stereocenters. The Bertz CT molecular complexity index is 614. The number of benzene rings is 1. The Morgan fingerprint density at radius 3 is 2.47 bits per heavy atom. The SMILES string of the molecule is CC1(N)CN(S(C)(=O)=O)CCc2cc(F)c(F)cc21. The molecule has 1 aromatic rings. The number of nitrogens with zero attached hydrogens (tertiary/aromatic N) is 1. The quantitative estimate of drug-likeness (QED) is 0.838. The maximum absolute atomic E-state index is 13.4. The van der Waals surface area contributed by atoms with Gasteiger partial charge in [0.15, 0.2) is 11.6 Å². The molecule has 7 heteroatoms. The van der Waals surface area contributed by atoms with Crippen molar-refractivity contribution in [1.82, 2.24) is 4.31 Å². The monoisotopic (exact) mass is 290 g/mol. The summed E-state index contributed by atoms with van der Waals surface area (Å²) in [5.41, 5.74) is 6.06. The fourth-order valence-corrected chi connectivity index (χ4v) is 3.31. The van der Waals surface area contributed by atoms with Gasteiger partial charge in [-0.05, 0) is 36.6 Å². The third-order valence-electron chi connectivity index (χ3n) is 3.37. The van der Waals surface area contributed by atoms with Crippen LogP contribution in [0.1, 0.15) is 18.1 Å². The maximum atomic E-state index is 13.4. The highest BCUT2D eigenvalue weighted by Crippen LogP contribution is 2.29. The summed E-state index contributed by atoms with van der Waals surface area (Å²) >= 11 is 0. The molecule has 2 N–H and O–H groups in total. The minimum Gasteiger partial charge on any atom is -0.321 e. The van der Waals surface area contributed by atoms with Crippen molar-refractivity contribution in [3.63, 3.8) is 0 Å². The maximum Gasteiger partial charge on any atom is 0.211 e. The van der Waals surface area contributed by atoms with E-state index in [2.05, 4.69) is 0 Å². The van der Waals surface area contributed by atoms with E-state index in [1.54, 1.807) is 6.92 Å². The van der Waals surface area contributed by atoms with Crippen LogP contribution >= 0.6 is 0 Å². The number of nitrogens with two attached hydrogens (primary N) is 1. The van der Waals surface area contributed by atoms with E-state index in [4.69, 9.17) is 5.73 Å². The minimum atomic E-state index is -3.39. The molecule has 0 aliphatic carbocycles. The number of rotatable bonds is 1. The molecule has 1 heterocycles. The van der Waals surface area contributed by atoms with E-state index < -0.39 is 27.2 Å². The van der Waals surface area contributed by atoms with Crippen LogP contribution < -0.4 is 5.73 Å². The van der Waals surface area contributed by atoms with Gasteiger partial charge in [0.1, 0.15) is 0 Å². The van der Waals surface area contributed by atoms with E-state index in [-0.39, 0.29) is 13.1 Å². The molecule has 0 amide bonds.